The first kappa shape index (κ1) is 21.1. The second-order valence-electron chi connectivity index (χ2n) is 9.11. The summed E-state index contributed by atoms with van der Waals surface area (Å²) >= 11 is 1.67. The van der Waals surface area contributed by atoms with Crippen LogP contribution in [0.2, 0.25) is 0 Å². The highest BCUT2D eigenvalue weighted by Crippen LogP contribution is 2.42. The highest BCUT2D eigenvalue weighted by Gasteiger charge is 2.29. The van der Waals surface area contributed by atoms with Crippen LogP contribution < -0.4 is 5.32 Å². The van der Waals surface area contributed by atoms with E-state index in [0.29, 0.717) is 12.3 Å². The zero-order valence-corrected chi connectivity index (χ0v) is 18.8. The Bertz CT molecular complexity index is 910. The van der Waals surface area contributed by atoms with Crippen molar-refractivity contribution in [2.24, 2.45) is 11.3 Å². The third-order valence-electron chi connectivity index (χ3n) is 5.97. The number of hydrogen-bond acceptors (Lipinski definition) is 7. The normalized spacial score (nSPS) is 17.0. The van der Waals surface area contributed by atoms with Gasteiger partial charge in [-0.1, -0.05) is 31.7 Å². The van der Waals surface area contributed by atoms with Crippen LogP contribution in [-0.2, 0) is 16.1 Å². The number of fused-ring (bicyclic) bond motifs is 2. The topological polar surface area (TPSA) is 67.3 Å². The summed E-state index contributed by atoms with van der Waals surface area (Å²) in [6, 6.07) is 6.65. The number of carbonyl (C=O) groups excluding carboxylic acids is 1. The summed E-state index contributed by atoms with van der Waals surface area (Å²) < 4.78 is 4.86. The average molecular weight is 427 g/mol. The smallest absolute Gasteiger partial charge is 0.306 e. The molecule has 1 fully saturated rings. The first-order valence-electron chi connectivity index (χ1n) is 10.6. The Morgan fingerprint density at radius 1 is 1.27 bits per heavy atom. The molecule has 160 valence electrons. The summed E-state index contributed by atoms with van der Waals surface area (Å²) in [6.07, 6.45) is 7.40. The quantitative estimate of drug-likeness (QED) is 0.564. The number of esters is 1. The lowest BCUT2D eigenvalue weighted by Crippen LogP contribution is -2.35. The predicted octanol–water partition coefficient (Wildman–Crippen LogP) is 4.88. The summed E-state index contributed by atoms with van der Waals surface area (Å²) in [5.74, 6) is 1.41. The van der Waals surface area contributed by atoms with E-state index in [1.54, 1.807) is 24.2 Å². The maximum atomic E-state index is 11.7. The molecular weight excluding hydrogens is 396 g/mol. The molecule has 1 saturated heterocycles. The van der Waals surface area contributed by atoms with Gasteiger partial charge in [-0.25, -0.2) is 9.97 Å². The Kier molecular flexibility index (Phi) is 6.29. The van der Waals surface area contributed by atoms with Crippen molar-refractivity contribution in [2.45, 2.75) is 56.0 Å². The van der Waals surface area contributed by atoms with Gasteiger partial charge in [0.25, 0.3) is 0 Å². The maximum Gasteiger partial charge on any atom is 0.306 e. The van der Waals surface area contributed by atoms with Gasteiger partial charge in [0, 0.05) is 23.8 Å². The summed E-state index contributed by atoms with van der Waals surface area (Å²) in [6.45, 7) is 7.53. The van der Waals surface area contributed by atoms with Crippen molar-refractivity contribution in [3.05, 3.63) is 36.2 Å². The number of nitrogens with one attached hydrogen (secondary N) is 1. The van der Waals surface area contributed by atoms with Gasteiger partial charge >= 0.3 is 5.97 Å². The van der Waals surface area contributed by atoms with Crippen molar-refractivity contribution < 1.29 is 9.53 Å². The minimum Gasteiger partial charge on any atom is -0.469 e. The molecule has 0 amide bonds. The first-order valence-corrected chi connectivity index (χ1v) is 11.4. The molecule has 4 rings (SSSR count). The van der Waals surface area contributed by atoms with Crippen molar-refractivity contribution in [3.63, 3.8) is 0 Å². The molecule has 1 N–H and O–H groups in total. The fraction of sp³-hybridized carbons (Fsp3) is 0.522. The van der Waals surface area contributed by atoms with Gasteiger partial charge in [0.2, 0.25) is 0 Å². The van der Waals surface area contributed by atoms with E-state index in [0.717, 1.165) is 42.6 Å². The Morgan fingerprint density at radius 2 is 2.03 bits per heavy atom. The molecule has 1 aromatic carbocycles. The van der Waals surface area contributed by atoms with Crippen LogP contribution in [0.15, 0.2) is 40.5 Å². The molecule has 0 bridgehead atoms. The van der Waals surface area contributed by atoms with E-state index in [-0.39, 0.29) is 11.4 Å². The van der Waals surface area contributed by atoms with E-state index in [1.165, 1.54) is 30.4 Å². The van der Waals surface area contributed by atoms with Gasteiger partial charge < -0.3 is 10.1 Å². The Labute approximate surface area is 182 Å². The molecule has 3 heterocycles. The summed E-state index contributed by atoms with van der Waals surface area (Å²) in [4.78, 5) is 24.2. The van der Waals surface area contributed by atoms with E-state index in [4.69, 9.17) is 4.74 Å². The fourth-order valence-corrected chi connectivity index (χ4v) is 5.38. The van der Waals surface area contributed by atoms with Gasteiger partial charge in [-0.3, -0.25) is 9.69 Å². The van der Waals surface area contributed by atoms with Crippen molar-refractivity contribution in [1.29, 1.82) is 0 Å². The Hall–Kier alpha value is -2.12. The fourth-order valence-electron chi connectivity index (χ4n) is 4.50. The minimum atomic E-state index is -0.106. The van der Waals surface area contributed by atoms with E-state index in [1.807, 2.05) is 0 Å². The number of carbonyl (C=O) groups is 1. The lowest BCUT2D eigenvalue weighted by atomic mass is 9.77. The van der Waals surface area contributed by atoms with Crippen LogP contribution in [0.3, 0.4) is 0 Å². The summed E-state index contributed by atoms with van der Waals surface area (Å²) in [7, 11) is 1.47. The van der Waals surface area contributed by atoms with E-state index in [2.05, 4.69) is 52.2 Å². The van der Waals surface area contributed by atoms with Crippen LogP contribution in [0.5, 0.6) is 0 Å². The number of nitrogens with zero attached hydrogens (tertiary/aromatic N) is 3. The number of benzene rings is 1. The molecule has 0 spiro atoms. The van der Waals surface area contributed by atoms with Crippen LogP contribution in [0.1, 0.15) is 45.1 Å². The number of aromatic nitrogens is 2. The number of likely N-dealkylation sites (tertiary alicyclic amines) is 1. The molecule has 2 aliphatic rings. The predicted molar refractivity (Wildman–Crippen MR) is 119 cm³/mol. The lowest BCUT2D eigenvalue weighted by molar-refractivity contribution is -0.143. The van der Waals surface area contributed by atoms with Gasteiger partial charge in [-0.05, 0) is 61.4 Å². The van der Waals surface area contributed by atoms with Gasteiger partial charge in [0.05, 0.1) is 19.2 Å². The molecule has 0 aliphatic carbocycles. The van der Waals surface area contributed by atoms with Crippen LogP contribution in [-0.4, -0.2) is 41.0 Å². The van der Waals surface area contributed by atoms with Crippen molar-refractivity contribution >= 4 is 29.2 Å². The second-order valence-corrected chi connectivity index (χ2v) is 10.1. The van der Waals surface area contributed by atoms with E-state index in [9.17, 15) is 4.79 Å². The van der Waals surface area contributed by atoms with Crippen LogP contribution in [0.4, 0.5) is 11.5 Å². The van der Waals surface area contributed by atoms with Crippen molar-refractivity contribution in [2.75, 3.05) is 25.5 Å². The number of piperidine rings is 1. The van der Waals surface area contributed by atoms with Gasteiger partial charge in [0.15, 0.2) is 5.82 Å². The maximum absolute atomic E-state index is 11.7. The Morgan fingerprint density at radius 3 is 2.80 bits per heavy atom. The lowest BCUT2D eigenvalue weighted by Gasteiger charge is -2.36. The molecule has 2 aliphatic heterocycles. The van der Waals surface area contributed by atoms with Gasteiger partial charge in [-0.15, -0.1) is 0 Å². The monoisotopic (exact) mass is 426 g/mol. The number of anilines is 2. The zero-order valence-electron chi connectivity index (χ0n) is 18.0. The van der Waals surface area contributed by atoms with E-state index < -0.39 is 0 Å². The van der Waals surface area contributed by atoms with Crippen molar-refractivity contribution in [3.8, 4) is 0 Å². The largest absolute Gasteiger partial charge is 0.469 e. The van der Waals surface area contributed by atoms with Gasteiger partial charge in [-0.2, -0.15) is 0 Å². The molecule has 30 heavy (non-hydrogen) atoms. The molecule has 0 unspecified atom stereocenters. The minimum absolute atomic E-state index is 0.000936. The number of rotatable bonds is 6. The number of hydrogen-bond donors (Lipinski definition) is 1. The standard InChI is InChI=1S/C23H30N4O2S/c1-23(2,14-20(28)29-3)13-16-6-10-27(11-7-16)15-17-4-5-19-18(12-17)26-21-22(30-19)25-9-8-24-21/h4-5,8-9,12,16H,6-7,10-11,13-15H2,1-3H3,(H,24,26). The third-order valence-corrected chi connectivity index (χ3v) is 7.04. The van der Waals surface area contributed by atoms with Gasteiger partial charge in [0.1, 0.15) is 5.03 Å². The molecule has 1 aromatic heterocycles. The van der Waals surface area contributed by atoms with E-state index >= 15 is 0 Å². The molecule has 2 aromatic rings. The van der Waals surface area contributed by atoms with Crippen LogP contribution >= 0.6 is 11.8 Å². The highest BCUT2D eigenvalue weighted by atomic mass is 32.2. The summed E-state index contributed by atoms with van der Waals surface area (Å²) in [5.41, 5.74) is 2.43. The highest BCUT2D eigenvalue weighted by molar-refractivity contribution is 7.99. The third kappa shape index (κ3) is 5.13. The molecule has 0 saturated carbocycles. The summed E-state index contributed by atoms with van der Waals surface area (Å²) in [5, 5.41) is 4.35. The molecule has 7 heteroatoms. The number of methoxy groups -OCH3 is 1. The molecule has 6 nitrogen and oxygen atoms in total. The second kappa shape index (κ2) is 8.94. The van der Waals surface area contributed by atoms with Crippen molar-refractivity contribution in [1.82, 2.24) is 14.9 Å². The zero-order chi connectivity index (χ0) is 21.1. The average Bonchev–Trinajstić information content (AvgIpc) is 2.73. The molecule has 0 atom stereocenters. The van der Waals surface area contributed by atoms with Crippen LogP contribution in [0, 0.1) is 11.3 Å². The molecule has 0 radical (unpaired) electrons. The Balaban J connectivity index is 1.30. The number of ether oxygens (including phenoxy) is 1. The SMILES string of the molecule is COC(=O)CC(C)(C)CC1CCN(Cc2ccc3c(c2)Nc2nccnc2S3)CC1. The first-order chi connectivity index (χ1) is 14.4. The van der Waals surface area contributed by atoms with Crippen LogP contribution in [0.25, 0.3) is 0 Å². The molecular formula is C23H30N4O2S.